The topological polar surface area (TPSA) is 89.7 Å². The summed E-state index contributed by atoms with van der Waals surface area (Å²) in [6.07, 6.45) is 2.99. The van der Waals surface area contributed by atoms with Gasteiger partial charge in [0.05, 0.1) is 13.2 Å². The Morgan fingerprint density at radius 1 is 0.703 bits per heavy atom. The van der Waals surface area contributed by atoms with Gasteiger partial charge in [0.15, 0.2) is 23.7 Å². The number of ether oxygens (including phenoxy) is 1. The third-order valence-corrected chi connectivity index (χ3v) is 6.45. The predicted octanol–water partition coefficient (Wildman–Crippen LogP) is 4.59. The van der Waals surface area contributed by atoms with Crippen LogP contribution in [-0.4, -0.2) is 48.6 Å². The minimum absolute atomic E-state index is 0.0309. The number of carbonyl (C=O) groups excluding carboxylic acids is 3. The van der Waals surface area contributed by atoms with Gasteiger partial charge in [0.2, 0.25) is 0 Å². The molecule has 1 saturated heterocycles. The van der Waals surface area contributed by atoms with Crippen molar-refractivity contribution >= 4 is 23.0 Å². The molecule has 0 spiro atoms. The number of ketones is 3. The van der Waals surface area contributed by atoms with Gasteiger partial charge in [-0.25, -0.2) is 4.98 Å². The molecule has 186 valence electrons. The molecule has 1 aliphatic heterocycles. The lowest BCUT2D eigenvalue weighted by Crippen LogP contribution is -2.36. The summed E-state index contributed by atoms with van der Waals surface area (Å²) in [7, 11) is 0. The first kappa shape index (κ1) is 24.3. The summed E-state index contributed by atoms with van der Waals surface area (Å²) >= 11 is 0. The molecule has 4 aromatic rings. The Hall–Kier alpha value is -4.36. The second-order valence-electron chi connectivity index (χ2n) is 8.94. The third-order valence-electron chi connectivity index (χ3n) is 6.45. The Labute approximate surface area is 214 Å². The molecule has 1 fully saturated rings. The zero-order chi connectivity index (χ0) is 25.6. The van der Waals surface area contributed by atoms with E-state index in [0.29, 0.717) is 16.7 Å². The molecule has 0 aliphatic carbocycles. The first-order chi connectivity index (χ1) is 18.1. The molecular formula is C30H26N2O5. The van der Waals surface area contributed by atoms with E-state index in [9.17, 15) is 14.4 Å². The Bertz CT molecular complexity index is 1370. The fourth-order valence-corrected chi connectivity index (χ4v) is 4.31. The molecule has 2 heterocycles. The molecule has 0 unspecified atom stereocenters. The van der Waals surface area contributed by atoms with Crippen LogP contribution in [0, 0.1) is 0 Å². The summed E-state index contributed by atoms with van der Waals surface area (Å²) in [6, 6.07) is 21.8. The SMILES string of the molecule is O=C(Cc1ccc(C(=O)c2ccc(CC(=O)c3cocn3)cc2)cc1)c1ccc(N2CCOCC2)cc1. The van der Waals surface area contributed by atoms with Gasteiger partial charge in [0.1, 0.15) is 12.0 Å². The van der Waals surface area contributed by atoms with E-state index in [1.165, 1.54) is 12.7 Å². The van der Waals surface area contributed by atoms with Gasteiger partial charge >= 0.3 is 0 Å². The van der Waals surface area contributed by atoms with Crippen molar-refractivity contribution in [3.05, 3.63) is 119 Å². The number of hydrogen-bond acceptors (Lipinski definition) is 7. The number of rotatable bonds is 9. The van der Waals surface area contributed by atoms with Crippen molar-refractivity contribution in [2.24, 2.45) is 0 Å². The number of Topliss-reactive ketones (excluding diaryl/α,β-unsaturated/α-hetero) is 2. The van der Waals surface area contributed by atoms with E-state index in [2.05, 4.69) is 9.88 Å². The van der Waals surface area contributed by atoms with E-state index in [0.717, 1.165) is 43.1 Å². The minimum atomic E-state index is -0.147. The summed E-state index contributed by atoms with van der Waals surface area (Å²) in [5.74, 6) is -0.236. The number of morpholine rings is 1. The van der Waals surface area contributed by atoms with Crippen LogP contribution >= 0.6 is 0 Å². The van der Waals surface area contributed by atoms with Gasteiger partial charge in [0, 0.05) is 48.3 Å². The second kappa shape index (κ2) is 11.1. The van der Waals surface area contributed by atoms with Crippen molar-refractivity contribution in [1.82, 2.24) is 4.98 Å². The number of benzene rings is 3. The lowest BCUT2D eigenvalue weighted by atomic mass is 9.97. The molecule has 1 aliphatic rings. The molecule has 0 amide bonds. The predicted molar refractivity (Wildman–Crippen MR) is 138 cm³/mol. The lowest BCUT2D eigenvalue weighted by molar-refractivity contribution is 0.0982. The van der Waals surface area contributed by atoms with Crippen LogP contribution in [0.2, 0.25) is 0 Å². The molecule has 0 radical (unpaired) electrons. The van der Waals surface area contributed by atoms with Crippen LogP contribution in [0.25, 0.3) is 0 Å². The summed E-state index contributed by atoms with van der Waals surface area (Å²) in [4.78, 5) is 44.0. The maximum Gasteiger partial charge on any atom is 0.193 e. The highest BCUT2D eigenvalue weighted by Crippen LogP contribution is 2.19. The third kappa shape index (κ3) is 5.90. The maximum absolute atomic E-state index is 12.9. The average Bonchev–Trinajstić information content (AvgIpc) is 3.50. The van der Waals surface area contributed by atoms with Crippen molar-refractivity contribution in [2.45, 2.75) is 12.8 Å². The van der Waals surface area contributed by atoms with E-state index in [1.807, 2.05) is 36.4 Å². The Kier molecular flexibility index (Phi) is 7.33. The van der Waals surface area contributed by atoms with Gasteiger partial charge in [-0.1, -0.05) is 48.5 Å². The van der Waals surface area contributed by atoms with E-state index in [4.69, 9.17) is 9.15 Å². The summed E-state index contributed by atoms with van der Waals surface area (Å²) in [5, 5.41) is 0. The molecule has 0 atom stereocenters. The van der Waals surface area contributed by atoms with Crippen LogP contribution in [-0.2, 0) is 17.6 Å². The van der Waals surface area contributed by atoms with Crippen LogP contribution in [0.4, 0.5) is 5.69 Å². The number of aromatic nitrogens is 1. The fraction of sp³-hybridized carbons (Fsp3) is 0.200. The highest BCUT2D eigenvalue weighted by atomic mass is 16.5. The second-order valence-corrected chi connectivity index (χ2v) is 8.94. The monoisotopic (exact) mass is 494 g/mol. The normalized spacial score (nSPS) is 13.4. The molecule has 0 bridgehead atoms. The molecule has 7 nitrogen and oxygen atoms in total. The Morgan fingerprint density at radius 2 is 1.24 bits per heavy atom. The zero-order valence-electron chi connectivity index (χ0n) is 20.3. The maximum atomic E-state index is 12.9. The number of anilines is 1. The molecule has 5 rings (SSSR count). The van der Waals surface area contributed by atoms with Crippen molar-refractivity contribution in [1.29, 1.82) is 0 Å². The highest BCUT2D eigenvalue weighted by Gasteiger charge is 2.15. The Morgan fingerprint density at radius 3 is 1.78 bits per heavy atom. The van der Waals surface area contributed by atoms with Crippen molar-refractivity contribution in [2.75, 3.05) is 31.2 Å². The number of oxazole rings is 1. The summed E-state index contributed by atoms with van der Waals surface area (Å²) in [6.45, 7) is 3.14. The Balaban J connectivity index is 1.18. The molecule has 0 saturated carbocycles. The van der Waals surface area contributed by atoms with Crippen LogP contribution in [0.15, 0.2) is 89.9 Å². The van der Waals surface area contributed by atoms with Gasteiger partial charge in [0.25, 0.3) is 0 Å². The van der Waals surface area contributed by atoms with Crippen molar-refractivity contribution < 1.29 is 23.5 Å². The zero-order valence-corrected chi connectivity index (χ0v) is 20.3. The number of hydrogen-bond donors (Lipinski definition) is 0. The van der Waals surface area contributed by atoms with E-state index < -0.39 is 0 Å². The molecule has 0 N–H and O–H groups in total. The first-order valence-electron chi connectivity index (χ1n) is 12.2. The highest BCUT2D eigenvalue weighted by molar-refractivity contribution is 6.09. The van der Waals surface area contributed by atoms with Crippen LogP contribution in [0.3, 0.4) is 0 Å². The van der Waals surface area contributed by atoms with Gasteiger partial charge in [-0.15, -0.1) is 0 Å². The van der Waals surface area contributed by atoms with Crippen molar-refractivity contribution in [3.8, 4) is 0 Å². The van der Waals surface area contributed by atoms with Crippen molar-refractivity contribution in [3.63, 3.8) is 0 Å². The van der Waals surface area contributed by atoms with E-state index >= 15 is 0 Å². The summed E-state index contributed by atoms with van der Waals surface area (Å²) in [5.41, 5.74) is 4.75. The van der Waals surface area contributed by atoms with E-state index in [1.54, 1.807) is 36.4 Å². The minimum Gasteiger partial charge on any atom is -0.451 e. The van der Waals surface area contributed by atoms with Crippen LogP contribution in [0.1, 0.15) is 47.9 Å². The smallest absolute Gasteiger partial charge is 0.193 e. The van der Waals surface area contributed by atoms with Crippen LogP contribution in [0.5, 0.6) is 0 Å². The lowest BCUT2D eigenvalue weighted by Gasteiger charge is -2.28. The molecule has 7 heteroatoms. The standard InChI is InChI=1S/C30H26N2O5/c33-28(23-9-11-26(12-10-23)32-13-15-36-16-14-32)17-21-1-5-24(6-2-21)30(35)25-7-3-22(4-8-25)18-29(34)27-19-37-20-31-27/h1-12,19-20H,13-18H2. The number of carbonyl (C=O) groups is 3. The van der Waals surface area contributed by atoms with Gasteiger partial charge in [-0.2, -0.15) is 0 Å². The molecule has 3 aromatic carbocycles. The van der Waals surface area contributed by atoms with E-state index in [-0.39, 0.29) is 35.9 Å². The number of nitrogens with zero attached hydrogens (tertiary/aromatic N) is 2. The average molecular weight is 495 g/mol. The summed E-state index contributed by atoms with van der Waals surface area (Å²) < 4.78 is 10.2. The molecule has 1 aromatic heterocycles. The fourth-order valence-electron chi connectivity index (χ4n) is 4.31. The van der Waals surface area contributed by atoms with Gasteiger partial charge in [-0.3, -0.25) is 14.4 Å². The molecular weight excluding hydrogens is 468 g/mol. The van der Waals surface area contributed by atoms with Gasteiger partial charge < -0.3 is 14.1 Å². The van der Waals surface area contributed by atoms with Crippen LogP contribution < -0.4 is 4.90 Å². The quantitative estimate of drug-likeness (QED) is 0.314. The van der Waals surface area contributed by atoms with Gasteiger partial charge in [-0.05, 0) is 35.4 Å². The largest absolute Gasteiger partial charge is 0.451 e. The first-order valence-corrected chi connectivity index (χ1v) is 12.2. The molecule has 37 heavy (non-hydrogen) atoms.